The number of carboxylic acids is 3. The van der Waals surface area contributed by atoms with E-state index in [0.29, 0.717) is 0 Å². The molecule has 2 atom stereocenters. The van der Waals surface area contributed by atoms with Crippen molar-refractivity contribution in [1.29, 1.82) is 0 Å². The van der Waals surface area contributed by atoms with Gasteiger partial charge in [0.1, 0.15) is 24.5 Å². The highest BCUT2D eigenvalue weighted by molar-refractivity contribution is 7.90. The smallest absolute Gasteiger partial charge is 0.326 e. The Morgan fingerprint density at radius 3 is 1.80 bits per heavy atom. The second-order valence-corrected chi connectivity index (χ2v) is 11.7. The van der Waals surface area contributed by atoms with Crippen molar-refractivity contribution in [1.82, 2.24) is 20.7 Å². The van der Waals surface area contributed by atoms with E-state index in [0.717, 1.165) is 0 Å². The molecule has 0 aliphatic heterocycles. The zero-order chi connectivity index (χ0) is 35.1. The van der Waals surface area contributed by atoms with E-state index in [4.69, 9.17) is 19.7 Å². The fourth-order valence-corrected chi connectivity index (χ4v) is 4.55. The van der Waals surface area contributed by atoms with Gasteiger partial charge in [0.2, 0.25) is 33.7 Å². The number of ketones is 1. The summed E-state index contributed by atoms with van der Waals surface area (Å²) in [5.41, 5.74) is 0. The van der Waals surface area contributed by atoms with Crippen molar-refractivity contribution in [3.05, 3.63) is 0 Å². The van der Waals surface area contributed by atoms with Gasteiger partial charge in [0.05, 0.1) is 25.6 Å². The quantitative estimate of drug-likeness (QED) is 0.0457. The molecule has 0 aromatic rings. The van der Waals surface area contributed by atoms with Crippen LogP contribution < -0.4 is 20.7 Å². The number of nitrogens with one attached hydrogen (secondary N) is 4. The van der Waals surface area contributed by atoms with Crippen LogP contribution >= 0.6 is 0 Å². The molecule has 4 amide bonds. The van der Waals surface area contributed by atoms with Gasteiger partial charge in [-0.25, -0.2) is 18.0 Å². The molecule has 0 fully saturated rings. The summed E-state index contributed by atoms with van der Waals surface area (Å²) < 4.78 is 35.9. The van der Waals surface area contributed by atoms with Crippen molar-refractivity contribution >= 4 is 57.3 Å². The summed E-state index contributed by atoms with van der Waals surface area (Å²) in [5.74, 6) is -7.44. The number of amides is 4. The molecule has 0 aromatic carbocycles. The van der Waals surface area contributed by atoms with E-state index in [-0.39, 0.29) is 83.5 Å². The summed E-state index contributed by atoms with van der Waals surface area (Å²) in [4.78, 5) is 91.6. The third-order valence-electron chi connectivity index (χ3n) is 5.77. The Morgan fingerprint density at radius 2 is 1.22 bits per heavy atom. The van der Waals surface area contributed by atoms with Gasteiger partial charge in [-0.2, -0.15) is 0 Å². The zero-order valence-electron chi connectivity index (χ0n) is 25.4. The number of rotatable bonds is 27. The molecule has 0 aliphatic rings. The standard InChI is InChI=1S/C26H42N4O15S/c1-17(31)7-8-18(25(38)39)28-21(33)10-9-19(26(40)41)29-23(35)16-45-14-13-44-12-11-27-20(32)5-3-15-46(42,43)30-22(34)4-2-6-24(36)37/h18-19H,2-16H2,1H3,(H,27,32)(H,28,33)(H,29,35)(H,30,34)(H,36,37)(H,38,39)(H,40,41)/t18?,19-/m0/s1. The molecule has 19 nitrogen and oxygen atoms in total. The summed E-state index contributed by atoms with van der Waals surface area (Å²) >= 11 is 0. The molecule has 20 heteroatoms. The molecule has 0 rings (SSSR count). The number of carboxylic acid groups (broad SMARTS) is 3. The highest BCUT2D eigenvalue weighted by Crippen LogP contribution is 2.03. The van der Waals surface area contributed by atoms with Gasteiger partial charge in [-0.1, -0.05) is 0 Å². The fourth-order valence-electron chi connectivity index (χ4n) is 3.47. The summed E-state index contributed by atoms with van der Waals surface area (Å²) in [6.45, 7) is 0.865. The Kier molecular flexibility index (Phi) is 21.1. The van der Waals surface area contributed by atoms with Crippen LogP contribution in [0.15, 0.2) is 0 Å². The van der Waals surface area contributed by atoms with Crippen molar-refractivity contribution in [2.24, 2.45) is 0 Å². The number of carbonyl (C=O) groups excluding carboxylic acids is 5. The van der Waals surface area contributed by atoms with Crippen LogP contribution in [-0.4, -0.2) is 122 Å². The Hall–Kier alpha value is -4.17. The third kappa shape index (κ3) is 23.2. The third-order valence-corrected chi connectivity index (χ3v) is 7.13. The maximum Gasteiger partial charge on any atom is 0.326 e. The highest BCUT2D eigenvalue weighted by atomic mass is 32.2. The minimum atomic E-state index is -3.97. The SMILES string of the molecule is CC(=O)CCC(NC(=O)CC[C@H](NC(=O)COCCOCCNC(=O)CCCS(=O)(=O)NC(=O)CCCC(=O)O)C(=O)O)C(=O)O. The van der Waals surface area contributed by atoms with Gasteiger partial charge in [-0.15, -0.1) is 0 Å². The van der Waals surface area contributed by atoms with E-state index in [9.17, 15) is 51.9 Å². The first kappa shape index (κ1) is 41.8. The minimum absolute atomic E-state index is 0.00900. The zero-order valence-corrected chi connectivity index (χ0v) is 26.2. The molecular formula is C26H42N4O15S. The summed E-state index contributed by atoms with van der Waals surface area (Å²) in [5, 5.41) is 33.9. The number of ether oxygens (including phenoxy) is 2. The van der Waals surface area contributed by atoms with Crippen LogP contribution in [0.25, 0.3) is 0 Å². The van der Waals surface area contributed by atoms with E-state index in [1.165, 1.54) is 6.92 Å². The lowest BCUT2D eigenvalue weighted by Crippen LogP contribution is -2.45. The van der Waals surface area contributed by atoms with Gasteiger partial charge >= 0.3 is 17.9 Å². The number of aliphatic carboxylic acids is 3. The number of hydrogen-bond acceptors (Lipinski definition) is 12. The van der Waals surface area contributed by atoms with E-state index in [1.807, 2.05) is 4.72 Å². The Bertz CT molecular complexity index is 1180. The van der Waals surface area contributed by atoms with Crippen LogP contribution in [0.2, 0.25) is 0 Å². The minimum Gasteiger partial charge on any atom is -0.481 e. The van der Waals surface area contributed by atoms with Crippen molar-refractivity contribution in [3.8, 4) is 0 Å². The van der Waals surface area contributed by atoms with Gasteiger partial charge in [0.25, 0.3) is 0 Å². The van der Waals surface area contributed by atoms with Gasteiger partial charge in [0, 0.05) is 38.6 Å². The molecule has 0 heterocycles. The van der Waals surface area contributed by atoms with E-state index in [1.54, 1.807) is 0 Å². The van der Waals surface area contributed by atoms with Crippen LogP contribution in [0.4, 0.5) is 0 Å². The molecule has 0 aliphatic carbocycles. The Balaban J connectivity index is 4.10. The number of Topliss-reactive ketones (excluding diaryl/α,β-unsaturated/α-hetero) is 1. The maximum absolute atomic E-state index is 12.1. The first-order chi connectivity index (χ1) is 21.5. The molecule has 0 bridgehead atoms. The predicted molar refractivity (Wildman–Crippen MR) is 156 cm³/mol. The molecular weight excluding hydrogens is 640 g/mol. The lowest BCUT2D eigenvalue weighted by Gasteiger charge is -2.16. The number of sulfonamides is 1. The number of carbonyl (C=O) groups is 8. The summed E-state index contributed by atoms with van der Waals surface area (Å²) in [6.07, 6.45) is -1.66. The average molecular weight is 683 g/mol. The van der Waals surface area contributed by atoms with Gasteiger partial charge < -0.3 is 45.5 Å². The molecule has 0 saturated heterocycles. The normalized spacial score (nSPS) is 12.3. The Labute approximate surface area is 265 Å². The monoisotopic (exact) mass is 682 g/mol. The van der Waals surface area contributed by atoms with Gasteiger partial charge in [0.15, 0.2) is 0 Å². The lowest BCUT2D eigenvalue weighted by atomic mass is 10.1. The maximum atomic E-state index is 12.1. The molecule has 7 N–H and O–H groups in total. The fraction of sp³-hybridized carbons (Fsp3) is 0.692. The molecule has 262 valence electrons. The molecule has 1 unspecified atom stereocenters. The van der Waals surface area contributed by atoms with Crippen molar-refractivity contribution in [2.45, 2.75) is 76.8 Å². The van der Waals surface area contributed by atoms with Crippen molar-refractivity contribution < 1.29 is 71.6 Å². The molecule has 0 aromatic heterocycles. The van der Waals surface area contributed by atoms with Crippen LogP contribution in [0.3, 0.4) is 0 Å². The molecule has 0 saturated carbocycles. The Morgan fingerprint density at radius 1 is 0.652 bits per heavy atom. The lowest BCUT2D eigenvalue weighted by molar-refractivity contribution is -0.144. The van der Waals surface area contributed by atoms with Crippen LogP contribution in [0.5, 0.6) is 0 Å². The van der Waals surface area contributed by atoms with E-state index >= 15 is 0 Å². The van der Waals surface area contributed by atoms with Crippen molar-refractivity contribution in [3.63, 3.8) is 0 Å². The number of hydrogen-bond donors (Lipinski definition) is 7. The first-order valence-corrected chi connectivity index (χ1v) is 15.9. The summed E-state index contributed by atoms with van der Waals surface area (Å²) in [7, 11) is -3.97. The largest absolute Gasteiger partial charge is 0.481 e. The van der Waals surface area contributed by atoms with Crippen molar-refractivity contribution in [2.75, 3.05) is 38.7 Å². The average Bonchev–Trinajstić information content (AvgIpc) is 2.93. The predicted octanol–water partition coefficient (Wildman–Crippen LogP) is -2.09. The molecule has 0 radical (unpaired) electrons. The first-order valence-electron chi connectivity index (χ1n) is 14.2. The van der Waals surface area contributed by atoms with Gasteiger partial charge in [-0.3, -0.25) is 28.7 Å². The van der Waals surface area contributed by atoms with Crippen LogP contribution in [0.1, 0.15) is 64.7 Å². The van der Waals surface area contributed by atoms with E-state index < -0.39 is 82.4 Å². The summed E-state index contributed by atoms with van der Waals surface area (Å²) in [6, 6.07) is -2.76. The van der Waals surface area contributed by atoms with E-state index in [2.05, 4.69) is 16.0 Å². The van der Waals surface area contributed by atoms with Crippen LogP contribution in [-0.2, 0) is 57.9 Å². The van der Waals surface area contributed by atoms with Gasteiger partial charge in [-0.05, 0) is 32.6 Å². The van der Waals surface area contributed by atoms with Crippen LogP contribution in [0, 0.1) is 0 Å². The highest BCUT2D eigenvalue weighted by Gasteiger charge is 2.24. The molecule has 46 heavy (non-hydrogen) atoms. The second-order valence-electron chi connectivity index (χ2n) is 9.91. The molecule has 0 spiro atoms. The second kappa shape index (κ2) is 23.2. The topological polar surface area (TPSA) is 298 Å².